The highest BCUT2D eigenvalue weighted by molar-refractivity contribution is 5.84. The summed E-state index contributed by atoms with van der Waals surface area (Å²) in [6.07, 6.45) is 11.3. The van der Waals surface area contributed by atoms with E-state index in [1.54, 1.807) is 10.9 Å². The van der Waals surface area contributed by atoms with Gasteiger partial charge in [0.15, 0.2) is 5.69 Å². The summed E-state index contributed by atoms with van der Waals surface area (Å²) in [6, 6.07) is 1.19. The second-order valence-corrected chi connectivity index (χ2v) is 7.87. The van der Waals surface area contributed by atoms with Crippen molar-refractivity contribution >= 4 is 5.97 Å². The van der Waals surface area contributed by atoms with E-state index in [4.69, 9.17) is 5.11 Å². The summed E-state index contributed by atoms with van der Waals surface area (Å²) >= 11 is 0. The van der Waals surface area contributed by atoms with Crippen LogP contribution in [0.5, 0.6) is 0 Å². The molecule has 134 valence electrons. The zero-order valence-electron chi connectivity index (χ0n) is 14.8. The summed E-state index contributed by atoms with van der Waals surface area (Å²) in [5, 5.41) is 20.8. The lowest BCUT2D eigenvalue weighted by atomic mass is 9.79. The van der Waals surface area contributed by atoms with E-state index in [2.05, 4.69) is 29.5 Å². The number of aromatic nitrogens is 3. The molecule has 1 aromatic rings. The molecular formula is C18H30N4O2. The summed E-state index contributed by atoms with van der Waals surface area (Å²) in [6.45, 7) is 4.67. The number of hydrogen-bond donors (Lipinski definition) is 2. The Morgan fingerprint density at radius 1 is 1.21 bits per heavy atom. The Kier molecular flexibility index (Phi) is 5.54. The third-order valence-corrected chi connectivity index (χ3v) is 5.96. The van der Waals surface area contributed by atoms with Gasteiger partial charge in [-0.15, -0.1) is 5.10 Å². The van der Waals surface area contributed by atoms with Gasteiger partial charge in [0.2, 0.25) is 0 Å². The number of carbonyl (C=O) groups is 1. The summed E-state index contributed by atoms with van der Waals surface area (Å²) in [5.41, 5.74) is 0.0387. The predicted octanol–water partition coefficient (Wildman–Crippen LogP) is 3.26. The minimum atomic E-state index is -1.01. The average molecular weight is 334 g/mol. The number of hydrogen-bond acceptors (Lipinski definition) is 4. The fourth-order valence-electron chi connectivity index (χ4n) is 4.41. The molecule has 0 saturated heterocycles. The van der Waals surface area contributed by atoms with Gasteiger partial charge in [-0.25, -0.2) is 9.48 Å². The number of carboxylic acids is 1. The predicted molar refractivity (Wildman–Crippen MR) is 92.0 cm³/mol. The van der Waals surface area contributed by atoms with Crippen LogP contribution in [0.3, 0.4) is 0 Å². The van der Waals surface area contributed by atoms with Gasteiger partial charge in [0, 0.05) is 12.1 Å². The van der Waals surface area contributed by atoms with Crippen LogP contribution < -0.4 is 5.32 Å². The van der Waals surface area contributed by atoms with Crippen molar-refractivity contribution in [1.29, 1.82) is 0 Å². The molecular weight excluding hydrogens is 304 g/mol. The van der Waals surface area contributed by atoms with E-state index >= 15 is 0 Å². The number of carboxylic acid groups (broad SMARTS) is 1. The maximum absolute atomic E-state index is 11.0. The highest BCUT2D eigenvalue weighted by atomic mass is 16.4. The number of rotatable bonds is 5. The van der Waals surface area contributed by atoms with Gasteiger partial charge in [-0.1, -0.05) is 31.9 Å². The van der Waals surface area contributed by atoms with Gasteiger partial charge in [-0.05, 0) is 50.4 Å². The Labute approximate surface area is 144 Å². The van der Waals surface area contributed by atoms with Crippen LogP contribution in [-0.2, 0) is 0 Å². The van der Waals surface area contributed by atoms with Crippen LogP contribution in [0.15, 0.2) is 6.20 Å². The summed E-state index contributed by atoms with van der Waals surface area (Å²) in [5.74, 6) is 0.658. The van der Waals surface area contributed by atoms with Crippen LogP contribution in [0.4, 0.5) is 0 Å². The molecule has 6 nitrogen and oxygen atoms in total. The van der Waals surface area contributed by atoms with Gasteiger partial charge in [0.25, 0.3) is 0 Å². The van der Waals surface area contributed by atoms with Crippen LogP contribution in [0.1, 0.15) is 81.7 Å². The first-order chi connectivity index (χ1) is 11.5. The summed E-state index contributed by atoms with van der Waals surface area (Å²) in [7, 11) is 0. The standard InChI is InChI=1S/C18H30N4O2/c1-12(2)13-7-9-14(10-8-13)19-15-5-3-4-6-17(15)22-11-16(18(23)24)20-21-22/h11-15,17,19H,3-10H2,1-2H3,(H,23,24)/t13?,14?,15-,17+/m1/s1. The van der Waals surface area contributed by atoms with E-state index in [1.807, 2.05) is 0 Å². The minimum Gasteiger partial charge on any atom is -0.476 e. The smallest absolute Gasteiger partial charge is 0.358 e. The van der Waals surface area contributed by atoms with Crippen molar-refractivity contribution in [2.24, 2.45) is 11.8 Å². The first-order valence-electron chi connectivity index (χ1n) is 9.45. The van der Waals surface area contributed by atoms with Crippen LogP contribution in [0, 0.1) is 11.8 Å². The van der Waals surface area contributed by atoms with Gasteiger partial charge in [-0.2, -0.15) is 0 Å². The molecule has 2 aliphatic carbocycles. The van der Waals surface area contributed by atoms with Crippen LogP contribution >= 0.6 is 0 Å². The van der Waals surface area contributed by atoms with Crippen molar-refractivity contribution in [2.75, 3.05) is 0 Å². The molecule has 0 amide bonds. The molecule has 1 heterocycles. The van der Waals surface area contributed by atoms with Crippen molar-refractivity contribution < 1.29 is 9.90 Å². The fraction of sp³-hybridized carbons (Fsp3) is 0.833. The van der Waals surface area contributed by atoms with Crippen molar-refractivity contribution in [3.63, 3.8) is 0 Å². The Morgan fingerprint density at radius 2 is 1.92 bits per heavy atom. The molecule has 0 aliphatic heterocycles. The van der Waals surface area contributed by atoms with Gasteiger partial charge in [0.05, 0.1) is 12.2 Å². The maximum atomic E-state index is 11.0. The summed E-state index contributed by atoms with van der Waals surface area (Å²) < 4.78 is 1.78. The lowest BCUT2D eigenvalue weighted by Crippen LogP contribution is -2.46. The quantitative estimate of drug-likeness (QED) is 0.864. The van der Waals surface area contributed by atoms with Crippen LogP contribution in [-0.4, -0.2) is 38.2 Å². The molecule has 2 N–H and O–H groups in total. The third-order valence-electron chi connectivity index (χ3n) is 5.96. The van der Waals surface area contributed by atoms with Crippen molar-refractivity contribution in [3.05, 3.63) is 11.9 Å². The molecule has 0 unspecified atom stereocenters. The molecule has 2 saturated carbocycles. The van der Waals surface area contributed by atoms with E-state index in [-0.39, 0.29) is 11.7 Å². The second-order valence-electron chi connectivity index (χ2n) is 7.87. The lowest BCUT2D eigenvalue weighted by Gasteiger charge is -2.38. The molecule has 2 atom stereocenters. The molecule has 1 aromatic heterocycles. The molecule has 0 aromatic carbocycles. The van der Waals surface area contributed by atoms with E-state index in [0.29, 0.717) is 12.1 Å². The second kappa shape index (κ2) is 7.64. The monoisotopic (exact) mass is 334 g/mol. The van der Waals surface area contributed by atoms with Crippen LogP contribution in [0.2, 0.25) is 0 Å². The van der Waals surface area contributed by atoms with E-state index < -0.39 is 5.97 Å². The molecule has 0 spiro atoms. The van der Waals surface area contributed by atoms with Gasteiger partial charge in [0.1, 0.15) is 0 Å². The van der Waals surface area contributed by atoms with E-state index in [0.717, 1.165) is 24.7 Å². The Balaban J connectivity index is 1.61. The highest BCUT2D eigenvalue weighted by Crippen LogP contribution is 2.33. The first kappa shape index (κ1) is 17.4. The Bertz CT molecular complexity index is 549. The van der Waals surface area contributed by atoms with Gasteiger partial charge in [-0.3, -0.25) is 0 Å². The van der Waals surface area contributed by atoms with E-state index in [9.17, 15) is 4.79 Å². The molecule has 24 heavy (non-hydrogen) atoms. The molecule has 3 rings (SSSR count). The molecule has 0 radical (unpaired) electrons. The Morgan fingerprint density at radius 3 is 2.54 bits per heavy atom. The first-order valence-corrected chi connectivity index (χ1v) is 9.45. The zero-order valence-corrected chi connectivity index (χ0v) is 14.8. The van der Waals surface area contributed by atoms with Crippen LogP contribution in [0.25, 0.3) is 0 Å². The SMILES string of the molecule is CC(C)C1CCC(N[C@@H]2CCCC[C@@H]2n2cc(C(=O)O)nn2)CC1. The van der Waals surface area contributed by atoms with E-state index in [1.165, 1.54) is 38.5 Å². The highest BCUT2D eigenvalue weighted by Gasteiger charge is 2.31. The van der Waals surface area contributed by atoms with Gasteiger partial charge >= 0.3 is 5.97 Å². The number of nitrogens with one attached hydrogen (secondary N) is 1. The molecule has 6 heteroatoms. The normalized spacial score (nSPS) is 31.3. The van der Waals surface area contributed by atoms with Crippen molar-refractivity contribution in [3.8, 4) is 0 Å². The zero-order chi connectivity index (χ0) is 17.1. The molecule has 2 fully saturated rings. The van der Waals surface area contributed by atoms with Crippen molar-refractivity contribution in [2.45, 2.75) is 83.3 Å². The molecule has 2 aliphatic rings. The minimum absolute atomic E-state index is 0.0387. The van der Waals surface area contributed by atoms with Crippen molar-refractivity contribution in [1.82, 2.24) is 20.3 Å². The number of aromatic carboxylic acids is 1. The fourth-order valence-corrected chi connectivity index (χ4v) is 4.41. The summed E-state index contributed by atoms with van der Waals surface area (Å²) in [4.78, 5) is 11.0. The average Bonchev–Trinajstić information content (AvgIpc) is 3.06. The molecule has 0 bridgehead atoms. The van der Waals surface area contributed by atoms with Gasteiger partial charge < -0.3 is 10.4 Å². The maximum Gasteiger partial charge on any atom is 0.358 e. The topological polar surface area (TPSA) is 80.0 Å². The lowest BCUT2D eigenvalue weighted by molar-refractivity contribution is 0.0690. The number of nitrogens with zero attached hydrogens (tertiary/aromatic N) is 3. The Hall–Kier alpha value is -1.43. The third kappa shape index (κ3) is 3.97. The largest absolute Gasteiger partial charge is 0.476 e.